The van der Waals surface area contributed by atoms with Crippen molar-refractivity contribution in [3.8, 4) is 0 Å². The average molecular weight is 1910 g/mol. The minimum atomic E-state index is -2.30. The molecule has 0 radical (unpaired) electrons. The Bertz CT molecular complexity index is 4430. The molecular weight excluding hydrogens is 1780 g/mol. The predicted molar refractivity (Wildman–Crippen MR) is 479 cm³/mol. The molecule has 2 aromatic rings. The van der Waals surface area contributed by atoms with Gasteiger partial charge in [0.25, 0.3) is 0 Å². The second kappa shape index (κ2) is 60.8. The van der Waals surface area contributed by atoms with Gasteiger partial charge in [-0.2, -0.15) is 0 Å². The lowest BCUT2D eigenvalue weighted by molar-refractivity contribution is -0.144. The SMILES string of the molecule is CC[C@H](C)[C@H](NC(=O)[C@@H](N)CCCNC(=N)N)C(=O)N[C@@H](CCCNC(=N)N)C(=O)N[C@@H](Cc1cnc[nH]1)C(=O)N[C@@H](CCC(=O)O)C(=O)N[C@@H](Cc1ccccc1)C(=O)N[C@@H](CCCNC(=N)N)C(=O)N[C@@H](CC(=O)O)C(=O)N[C@@H](CC(=O)O)C(=O)N[C@@H](CC(C)C)C(=O)N[C@@H](CC(=O)O)C(=O)NCC(=O)N[C@@H](CCC(N)=O)C(=O)N[C@H](C(=O)N[C@@H](CCCNC(=N)N)C(=O)O)C(C)C. The van der Waals surface area contributed by atoms with E-state index in [4.69, 9.17) is 56.0 Å². The molecular formula is C80H130N30O25. The molecule has 0 aliphatic carbocycles. The van der Waals surface area contributed by atoms with Gasteiger partial charge in [0.05, 0.1) is 38.2 Å². The van der Waals surface area contributed by atoms with Gasteiger partial charge >= 0.3 is 29.8 Å². The molecule has 15 amide bonds. The zero-order chi connectivity index (χ0) is 102. The summed E-state index contributed by atoms with van der Waals surface area (Å²) in [5, 5.41) is 123. The zero-order valence-electron chi connectivity index (χ0n) is 75.6. The Labute approximate surface area is 775 Å². The molecule has 135 heavy (non-hydrogen) atoms. The standard InChI is InChI=1S/C80H130N30O25/c1-7-40(6)62(110-63(121)43(81)17-11-25-92-77(83)84)75(133)101-45(19-13-27-94-79(87)88)66(124)105-51(31-42-35-91-37-97-42)71(129)100-47(22-24-57(113)114)67(125)104-50(30-41-15-9-8-10-16-41)70(128)99-44(18-12-26-93-78(85)86)65(123)107-53(33-59(117)118)73(131)108-54(34-60(119)120)72(130)103-49(29-38(2)3)69(127)106-52(32-58(115)116)64(122)96-36-56(112)98-46(21-23-55(82)111)68(126)109-61(39(4)5)74(132)102-48(76(134)135)20-14-28-95-80(89)90/h8-10,15-16,35,37-40,43-54,61-62H,7,11-14,17-34,36,81H2,1-6H3,(H2,82,111)(H,91,97)(H,96,122)(H,98,112)(H,99,128)(H,100,129)(H,101,133)(H,102,132)(H,103,130)(H,104,125)(H,105,124)(H,106,127)(H,107,123)(H,108,131)(H,109,126)(H,110,121)(H,113,114)(H,115,116)(H,117,118)(H,119,120)(H,134,135)(H4,83,84,92)(H4,85,86,93)(H4,87,88,94)(H4,89,90,95)/t40-,43-,44-,45-,46-,47-,48-,49-,50-,51-,52-,53-,54-,61-,62-/m0/s1. The summed E-state index contributed by atoms with van der Waals surface area (Å²) in [5.74, 6) is -29.6. The number of aliphatic carboxylic acids is 5. The maximum Gasteiger partial charge on any atom is 0.326 e. The summed E-state index contributed by atoms with van der Waals surface area (Å²) in [5.41, 5.74) is 33.7. The second-order valence-corrected chi connectivity index (χ2v) is 32.3. The summed E-state index contributed by atoms with van der Waals surface area (Å²) in [4.78, 5) is 280. The molecule has 0 fully saturated rings. The number of carbonyl (C=O) groups excluding carboxylic acids is 15. The number of hydrogen-bond acceptors (Lipinski definition) is 26. The highest BCUT2D eigenvalue weighted by atomic mass is 16.4. The number of rotatable bonds is 66. The first-order valence-corrected chi connectivity index (χ1v) is 43.1. The molecule has 0 aliphatic heterocycles. The van der Waals surface area contributed by atoms with E-state index in [0.717, 1.165) is 0 Å². The molecule has 40 N–H and O–H groups in total. The summed E-state index contributed by atoms with van der Waals surface area (Å²) in [7, 11) is 0. The number of carboxylic acids is 5. The predicted octanol–water partition coefficient (Wildman–Crippen LogP) is -9.62. The van der Waals surface area contributed by atoms with Crippen molar-refractivity contribution in [2.24, 2.45) is 52.2 Å². The number of nitrogens with one attached hydrogen (secondary N) is 23. The van der Waals surface area contributed by atoms with Crippen molar-refractivity contribution in [3.05, 3.63) is 54.1 Å². The van der Waals surface area contributed by atoms with Crippen LogP contribution in [0.4, 0.5) is 0 Å². The van der Waals surface area contributed by atoms with Gasteiger partial charge in [-0.3, -0.25) is 113 Å². The Balaban J connectivity index is 2.63. The molecule has 1 aromatic carbocycles. The molecule has 0 saturated carbocycles. The molecule has 0 aliphatic rings. The van der Waals surface area contributed by atoms with Gasteiger partial charge in [-0.25, -0.2) is 9.78 Å². The molecule has 1 heterocycles. The average Bonchev–Trinajstić information content (AvgIpc) is 1.27. The van der Waals surface area contributed by atoms with E-state index in [1.165, 1.54) is 64.5 Å². The van der Waals surface area contributed by atoms with Crippen LogP contribution in [0.2, 0.25) is 0 Å². The summed E-state index contributed by atoms with van der Waals surface area (Å²) in [6.07, 6.45) is -5.45. The molecule has 2 rings (SSSR count). The Kier molecular flexibility index (Phi) is 52.2. The van der Waals surface area contributed by atoms with Crippen molar-refractivity contribution in [1.29, 1.82) is 21.6 Å². The number of amides is 15. The van der Waals surface area contributed by atoms with Gasteiger partial charge < -0.3 is 161 Å². The van der Waals surface area contributed by atoms with Crippen molar-refractivity contribution in [1.82, 2.24) is 106 Å². The van der Waals surface area contributed by atoms with E-state index < -0.39 is 310 Å². The molecule has 1 aromatic heterocycles. The summed E-state index contributed by atoms with van der Waals surface area (Å²) >= 11 is 0. The van der Waals surface area contributed by atoms with Crippen LogP contribution in [-0.2, 0) is 109 Å². The molecule has 0 saturated heterocycles. The van der Waals surface area contributed by atoms with Gasteiger partial charge in [0.15, 0.2) is 23.8 Å². The van der Waals surface area contributed by atoms with Crippen LogP contribution in [0.1, 0.15) is 162 Å². The van der Waals surface area contributed by atoms with E-state index in [9.17, 15) is 121 Å². The lowest BCUT2D eigenvalue weighted by atomic mass is 9.96. The highest BCUT2D eigenvalue weighted by molar-refractivity contribution is 6.02. The lowest BCUT2D eigenvalue weighted by Crippen LogP contribution is -2.61. The van der Waals surface area contributed by atoms with Crippen LogP contribution in [0.3, 0.4) is 0 Å². The number of H-pyrrole nitrogens is 1. The third-order valence-electron chi connectivity index (χ3n) is 20.2. The first kappa shape index (κ1) is 116. The topological polar surface area (TPSA) is 939 Å². The quantitative estimate of drug-likeness (QED) is 0.0166. The number of carboxylic acid groups (broad SMARTS) is 5. The fourth-order valence-electron chi connectivity index (χ4n) is 12.9. The lowest BCUT2D eigenvalue weighted by Gasteiger charge is -2.29. The fourth-order valence-corrected chi connectivity index (χ4v) is 12.9. The Hall–Kier alpha value is -15.1. The smallest absolute Gasteiger partial charge is 0.326 e. The van der Waals surface area contributed by atoms with Crippen LogP contribution >= 0.6 is 0 Å². The van der Waals surface area contributed by atoms with E-state index in [1.807, 2.05) is 5.32 Å². The molecule has 0 spiro atoms. The largest absolute Gasteiger partial charge is 0.481 e. The van der Waals surface area contributed by atoms with Crippen LogP contribution in [0.5, 0.6) is 0 Å². The van der Waals surface area contributed by atoms with Gasteiger partial charge in [-0.05, 0) is 93.9 Å². The van der Waals surface area contributed by atoms with Gasteiger partial charge in [-0.15, -0.1) is 0 Å². The number of benzene rings is 1. The van der Waals surface area contributed by atoms with Crippen molar-refractivity contribution in [2.75, 3.05) is 32.7 Å². The van der Waals surface area contributed by atoms with Crippen LogP contribution in [0.25, 0.3) is 0 Å². The van der Waals surface area contributed by atoms with Gasteiger partial charge in [0, 0.05) is 63.8 Å². The first-order chi connectivity index (χ1) is 63.4. The second-order valence-electron chi connectivity index (χ2n) is 32.3. The van der Waals surface area contributed by atoms with E-state index in [0.29, 0.717) is 18.4 Å². The third-order valence-corrected chi connectivity index (χ3v) is 20.2. The van der Waals surface area contributed by atoms with Crippen LogP contribution in [-0.4, -0.2) is 295 Å². The van der Waals surface area contributed by atoms with Gasteiger partial charge in [0.1, 0.15) is 78.5 Å². The highest BCUT2D eigenvalue weighted by Gasteiger charge is 2.40. The van der Waals surface area contributed by atoms with Gasteiger partial charge in [0.2, 0.25) is 88.6 Å². The van der Waals surface area contributed by atoms with E-state index in [-0.39, 0.29) is 82.3 Å². The molecule has 0 unspecified atom stereocenters. The third kappa shape index (κ3) is 47.5. The van der Waals surface area contributed by atoms with Crippen molar-refractivity contribution in [2.45, 2.75) is 248 Å². The number of aromatic nitrogens is 2. The van der Waals surface area contributed by atoms with Gasteiger partial charge in [-0.1, -0.05) is 78.3 Å². The number of guanidine groups is 4. The maximum atomic E-state index is 15.0. The number of primary amides is 1. The summed E-state index contributed by atoms with van der Waals surface area (Å²) in [6.45, 7) is 8.35. The fraction of sp³-hybridized carbons (Fsp3) is 0.588. The van der Waals surface area contributed by atoms with E-state index in [1.54, 1.807) is 19.9 Å². The Morgan fingerprint density at radius 2 is 0.733 bits per heavy atom. The summed E-state index contributed by atoms with van der Waals surface area (Å²) < 4.78 is 0. The molecule has 750 valence electrons. The number of carbonyl (C=O) groups is 20. The van der Waals surface area contributed by atoms with Crippen molar-refractivity contribution >= 4 is 142 Å². The zero-order valence-corrected chi connectivity index (χ0v) is 75.6. The number of aromatic amines is 1. The van der Waals surface area contributed by atoms with Crippen molar-refractivity contribution in [3.63, 3.8) is 0 Å². The highest BCUT2D eigenvalue weighted by Crippen LogP contribution is 2.16. The molecule has 15 atom stereocenters. The Morgan fingerprint density at radius 3 is 1.15 bits per heavy atom. The maximum absolute atomic E-state index is 15.0. The number of hydrogen-bond donors (Lipinski definition) is 34. The van der Waals surface area contributed by atoms with Crippen LogP contribution < -0.4 is 130 Å². The number of nitrogens with two attached hydrogens (primary N) is 6. The summed E-state index contributed by atoms with van der Waals surface area (Å²) in [6, 6.07) is -16.9. The normalized spacial score (nSPS) is 14.3. The minimum absolute atomic E-state index is 0.00861. The van der Waals surface area contributed by atoms with Crippen LogP contribution in [0, 0.1) is 39.4 Å². The minimum Gasteiger partial charge on any atom is -0.481 e. The first-order valence-electron chi connectivity index (χ1n) is 43.1. The van der Waals surface area contributed by atoms with E-state index in [2.05, 4.69) is 100 Å². The van der Waals surface area contributed by atoms with Crippen molar-refractivity contribution < 1.29 is 121 Å². The number of nitrogens with zero attached hydrogens (tertiary/aromatic N) is 1. The van der Waals surface area contributed by atoms with Crippen LogP contribution in [0.15, 0.2) is 42.9 Å². The number of imidazole rings is 1. The molecule has 55 heteroatoms. The Morgan fingerprint density at radius 1 is 0.378 bits per heavy atom. The monoisotopic (exact) mass is 1910 g/mol. The van der Waals surface area contributed by atoms with E-state index >= 15 is 0 Å². The molecule has 0 bridgehead atoms. The molecule has 55 nitrogen and oxygen atoms in total.